The van der Waals surface area contributed by atoms with Crippen molar-refractivity contribution in [1.29, 1.82) is 0 Å². The molecule has 1 aliphatic rings. The van der Waals surface area contributed by atoms with Crippen LogP contribution in [0.2, 0.25) is 0 Å². The molecule has 2 heterocycles. The summed E-state index contributed by atoms with van der Waals surface area (Å²) in [4.78, 5) is 25.9. The van der Waals surface area contributed by atoms with Crippen LogP contribution in [0.25, 0.3) is 0 Å². The van der Waals surface area contributed by atoms with E-state index in [0.29, 0.717) is 17.2 Å². The molecular weight excluding hydrogens is 404 g/mol. The summed E-state index contributed by atoms with van der Waals surface area (Å²) in [5, 5.41) is 7.93. The van der Waals surface area contributed by atoms with E-state index in [0.717, 1.165) is 5.56 Å². The number of hydrogen-bond donors (Lipinski definition) is 1. The molecule has 0 amide bonds. The van der Waals surface area contributed by atoms with Crippen LogP contribution in [0.3, 0.4) is 0 Å². The first-order chi connectivity index (χ1) is 15.0. The molecule has 10 heteroatoms. The molecule has 0 saturated heterocycles. The molecule has 4 rings (SSSR count). The van der Waals surface area contributed by atoms with Gasteiger partial charge in [0.25, 0.3) is 0 Å². The van der Waals surface area contributed by atoms with Crippen LogP contribution in [0, 0.1) is 0 Å². The Balaban J connectivity index is 1.76. The second kappa shape index (κ2) is 8.34. The summed E-state index contributed by atoms with van der Waals surface area (Å²) in [6.45, 7) is 2.03. The number of rotatable bonds is 7. The van der Waals surface area contributed by atoms with E-state index in [4.69, 9.17) is 24.7 Å². The summed E-state index contributed by atoms with van der Waals surface area (Å²) in [6, 6.07) is 10.2. The van der Waals surface area contributed by atoms with Crippen molar-refractivity contribution in [3.8, 4) is 17.2 Å². The van der Waals surface area contributed by atoms with Crippen LogP contribution < -0.4 is 19.9 Å². The average molecular weight is 424 g/mol. The molecule has 1 aliphatic heterocycles. The van der Waals surface area contributed by atoms with Crippen molar-refractivity contribution in [3.05, 3.63) is 58.9 Å². The van der Waals surface area contributed by atoms with Crippen LogP contribution in [0.4, 0.5) is 5.69 Å². The van der Waals surface area contributed by atoms with Gasteiger partial charge in [-0.3, -0.25) is 4.79 Å². The highest BCUT2D eigenvalue weighted by Crippen LogP contribution is 2.37. The fraction of sp³-hybridized carbons (Fsp3) is 0.238. The van der Waals surface area contributed by atoms with Crippen molar-refractivity contribution in [2.24, 2.45) is 0 Å². The van der Waals surface area contributed by atoms with Gasteiger partial charge in [-0.25, -0.2) is 9.48 Å². The van der Waals surface area contributed by atoms with E-state index in [1.54, 1.807) is 26.2 Å². The Labute approximate surface area is 177 Å². The Bertz CT molecular complexity index is 1140. The third kappa shape index (κ3) is 3.87. The maximum Gasteiger partial charge on any atom is 0.361 e. The SMILES string of the molecule is CCOC(=O)c1nnn(Cc2ccc(OC)cc2)c1C(=O)c1cc2c(cc1N)OCO2. The lowest BCUT2D eigenvalue weighted by atomic mass is 10.0. The Hall–Kier alpha value is -4.08. The molecule has 0 fully saturated rings. The lowest BCUT2D eigenvalue weighted by molar-refractivity contribution is 0.0516. The standard InChI is InChI=1S/C21H20N4O6/c1-3-29-21(27)18-19(20(26)14-8-16-17(9-15(14)22)31-11-30-16)25(24-23-18)10-12-4-6-13(28-2)7-5-12/h4-9H,3,10-11,22H2,1-2H3. The zero-order valence-corrected chi connectivity index (χ0v) is 17.0. The Morgan fingerprint density at radius 2 is 1.87 bits per heavy atom. The van der Waals surface area contributed by atoms with E-state index < -0.39 is 11.8 Å². The first kappa shape index (κ1) is 20.2. The topological polar surface area (TPSA) is 128 Å². The Morgan fingerprint density at radius 3 is 2.55 bits per heavy atom. The molecule has 2 aromatic carbocycles. The van der Waals surface area contributed by atoms with Crippen molar-refractivity contribution in [2.75, 3.05) is 26.2 Å². The number of fused-ring (bicyclic) bond motifs is 1. The van der Waals surface area contributed by atoms with Gasteiger partial charge in [0.05, 0.1) is 25.8 Å². The number of esters is 1. The molecule has 160 valence electrons. The van der Waals surface area contributed by atoms with Gasteiger partial charge in [0.15, 0.2) is 11.5 Å². The highest BCUT2D eigenvalue weighted by molar-refractivity contribution is 6.15. The van der Waals surface area contributed by atoms with Crippen molar-refractivity contribution in [1.82, 2.24) is 15.0 Å². The van der Waals surface area contributed by atoms with Crippen LogP contribution in [0.5, 0.6) is 17.2 Å². The number of aromatic nitrogens is 3. The lowest BCUT2D eigenvalue weighted by Crippen LogP contribution is -2.18. The van der Waals surface area contributed by atoms with Crippen LogP contribution >= 0.6 is 0 Å². The van der Waals surface area contributed by atoms with Gasteiger partial charge in [0, 0.05) is 11.8 Å². The second-order valence-electron chi connectivity index (χ2n) is 6.63. The summed E-state index contributed by atoms with van der Waals surface area (Å²) in [5.41, 5.74) is 7.03. The van der Waals surface area contributed by atoms with E-state index in [-0.39, 0.29) is 42.6 Å². The third-order valence-electron chi connectivity index (χ3n) is 4.70. The molecule has 3 aromatic rings. The molecule has 0 atom stereocenters. The molecule has 0 unspecified atom stereocenters. The molecule has 10 nitrogen and oxygen atoms in total. The highest BCUT2D eigenvalue weighted by atomic mass is 16.7. The molecule has 0 saturated carbocycles. The first-order valence-corrected chi connectivity index (χ1v) is 9.49. The molecular formula is C21H20N4O6. The number of carbonyl (C=O) groups excluding carboxylic acids is 2. The second-order valence-corrected chi connectivity index (χ2v) is 6.63. The molecule has 0 aliphatic carbocycles. The summed E-state index contributed by atoms with van der Waals surface area (Å²) < 4.78 is 22.2. The van der Waals surface area contributed by atoms with E-state index in [1.807, 2.05) is 12.1 Å². The normalized spacial score (nSPS) is 11.9. The maximum absolute atomic E-state index is 13.5. The van der Waals surface area contributed by atoms with Gasteiger partial charge in [-0.1, -0.05) is 17.3 Å². The monoisotopic (exact) mass is 424 g/mol. The molecule has 0 bridgehead atoms. The number of anilines is 1. The minimum absolute atomic E-state index is 0.0279. The smallest absolute Gasteiger partial charge is 0.361 e. The van der Waals surface area contributed by atoms with Crippen molar-refractivity contribution in [3.63, 3.8) is 0 Å². The third-order valence-corrected chi connectivity index (χ3v) is 4.70. The molecule has 0 radical (unpaired) electrons. The van der Waals surface area contributed by atoms with Crippen LogP contribution in [-0.2, 0) is 11.3 Å². The number of benzene rings is 2. The summed E-state index contributed by atoms with van der Waals surface area (Å²) in [7, 11) is 1.57. The van der Waals surface area contributed by atoms with Crippen LogP contribution in [0.1, 0.15) is 39.0 Å². The molecule has 1 aromatic heterocycles. The number of ketones is 1. The number of nitrogens with zero attached hydrogens (tertiary/aromatic N) is 3. The summed E-state index contributed by atoms with van der Waals surface area (Å²) in [6.07, 6.45) is 0. The maximum atomic E-state index is 13.5. The van der Waals surface area contributed by atoms with Gasteiger partial charge in [-0.15, -0.1) is 5.10 Å². The first-order valence-electron chi connectivity index (χ1n) is 9.49. The Morgan fingerprint density at radius 1 is 1.16 bits per heavy atom. The quantitative estimate of drug-likeness (QED) is 0.344. The van der Waals surface area contributed by atoms with Crippen LogP contribution in [0.15, 0.2) is 36.4 Å². The Kier molecular flexibility index (Phi) is 5.44. The number of hydrogen-bond acceptors (Lipinski definition) is 9. The highest BCUT2D eigenvalue weighted by Gasteiger charge is 2.30. The van der Waals surface area contributed by atoms with Gasteiger partial charge in [-0.2, -0.15) is 0 Å². The van der Waals surface area contributed by atoms with Gasteiger partial charge >= 0.3 is 5.97 Å². The van der Waals surface area contributed by atoms with E-state index in [9.17, 15) is 9.59 Å². The van der Waals surface area contributed by atoms with Crippen LogP contribution in [-0.4, -0.2) is 47.3 Å². The summed E-state index contributed by atoms with van der Waals surface area (Å²) >= 11 is 0. The van der Waals surface area contributed by atoms with Crippen molar-refractivity contribution < 1.29 is 28.5 Å². The fourth-order valence-corrected chi connectivity index (χ4v) is 3.17. The minimum atomic E-state index is -0.744. The minimum Gasteiger partial charge on any atom is -0.497 e. The van der Waals surface area contributed by atoms with E-state index in [2.05, 4.69) is 10.3 Å². The van der Waals surface area contributed by atoms with Gasteiger partial charge in [-0.05, 0) is 30.7 Å². The number of nitrogens with two attached hydrogens (primary N) is 1. The number of carbonyl (C=O) groups is 2. The van der Waals surface area contributed by atoms with Crippen molar-refractivity contribution >= 4 is 17.4 Å². The largest absolute Gasteiger partial charge is 0.497 e. The predicted molar refractivity (Wildman–Crippen MR) is 108 cm³/mol. The lowest BCUT2D eigenvalue weighted by Gasteiger charge is -2.10. The summed E-state index contributed by atoms with van der Waals surface area (Å²) in [5.74, 6) is 0.261. The predicted octanol–water partition coefficient (Wildman–Crippen LogP) is 2.05. The molecule has 2 N–H and O–H groups in total. The molecule has 31 heavy (non-hydrogen) atoms. The van der Waals surface area contributed by atoms with E-state index >= 15 is 0 Å². The fourth-order valence-electron chi connectivity index (χ4n) is 3.17. The molecule has 0 spiro atoms. The zero-order valence-electron chi connectivity index (χ0n) is 17.0. The average Bonchev–Trinajstić information content (AvgIpc) is 3.40. The van der Waals surface area contributed by atoms with Gasteiger partial charge in [0.2, 0.25) is 18.3 Å². The van der Waals surface area contributed by atoms with Gasteiger partial charge in [0.1, 0.15) is 11.4 Å². The van der Waals surface area contributed by atoms with Gasteiger partial charge < -0.3 is 24.7 Å². The zero-order chi connectivity index (χ0) is 22.0. The number of methoxy groups -OCH3 is 1. The van der Waals surface area contributed by atoms with Crippen molar-refractivity contribution in [2.45, 2.75) is 13.5 Å². The van der Waals surface area contributed by atoms with E-state index in [1.165, 1.54) is 16.8 Å². The number of ether oxygens (including phenoxy) is 4. The number of nitrogen functional groups attached to an aromatic ring is 1.